The normalized spacial score (nSPS) is 13.9. The Morgan fingerprint density at radius 3 is 2.50 bits per heavy atom. The second-order valence-corrected chi connectivity index (χ2v) is 4.60. The second-order valence-electron chi connectivity index (χ2n) is 1.67. The van der Waals surface area contributed by atoms with Crippen molar-refractivity contribution in [2.75, 3.05) is 12.0 Å². The van der Waals surface area contributed by atoms with Gasteiger partial charge in [-0.15, -0.1) is 11.8 Å². The topological polar surface area (TPSA) is 0 Å². The van der Waals surface area contributed by atoms with Crippen LogP contribution in [0.4, 0.5) is 0 Å². The van der Waals surface area contributed by atoms with Gasteiger partial charge in [0.1, 0.15) is 0 Å². The van der Waals surface area contributed by atoms with Crippen molar-refractivity contribution in [3.8, 4) is 0 Å². The van der Waals surface area contributed by atoms with Gasteiger partial charge < -0.3 is 0 Å². The fourth-order valence-corrected chi connectivity index (χ4v) is 1.75. The summed E-state index contributed by atoms with van der Waals surface area (Å²) in [5, 5.41) is 0. The quantitative estimate of drug-likeness (QED) is 0.565. The zero-order valence-corrected chi connectivity index (χ0v) is 7.44. The second kappa shape index (κ2) is 5.83. The van der Waals surface area contributed by atoms with Gasteiger partial charge in [-0.05, 0) is 25.4 Å². The highest BCUT2D eigenvalue weighted by molar-refractivity contribution is 8.16. The molecule has 0 saturated heterocycles. The summed E-state index contributed by atoms with van der Waals surface area (Å²) in [6.45, 7) is 4.48. The van der Waals surface area contributed by atoms with Gasteiger partial charge in [0, 0.05) is 4.58 Å². The Bertz CT molecular complexity index is 45.8. The highest BCUT2D eigenvalue weighted by Gasteiger charge is 1.95. The SMILES string of the molecule is CCCSC(C)SC. The molecule has 0 aromatic heterocycles. The number of rotatable bonds is 4. The summed E-state index contributed by atoms with van der Waals surface area (Å²) in [6, 6.07) is 0. The van der Waals surface area contributed by atoms with Crippen LogP contribution in [0.15, 0.2) is 0 Å². The van der Waals surface area contributed by atoms with E-state index in [4.69, 9.17) is 0 Å². The van der Waals surface area contributed by atoms with Crippen LogP contribution < -0.4 is 0 Å². The lowest BCUT2D eigenvalue weighted by molar-refractivity contribution is 1.10. The molecule has 0 nitrogen and oxygen atoms in total. The van der Waals surface area contributed by atoms with E-state index in [-0.39, 0.29) is 0 Å². The molecule has 0 radical (unpaired) electrons. The first-order chi connectivity index (χ1) is 3.81. The van der Waals surface area contributed by atoms with Crippen molar-refractivity contribution in [2.24, 2.45) is 0 Å². The summed E-state index contributed by atoms with van der Waals surface area (Å²) in [5.41, 5.74) is 0. The van der Waals surface area contributed by atoms with E-state index in [1.807, 2.05) is 23.5 Å². The van der Waals surface area contributed by atoms with Gasteiger partial charge in [-0.1, -0.05) is 6.92 Å². The van der Waals surface area contributed by atoms with Crippen LogP contribution in [0.5, 0.6) is 0 Å². The van der Waals surface area contributed by atoms with E-state index in [0.29, 0.717) is 0 Å². The predicted octanol–water partition coefficient (Wildman–Crippen LogP) is 2.84. The van der Waals surface area contributed by atoms with Crippen LogP contribution in [-0.2, 0) is 0 Å². The van der Waals surface area contributed by atoms with Gasteiger partial charge in [-0.25, -0.2) is 0 Å². The maximum Gasteiger partial charge on any atom is 0.0471 e. The lowest BCUT2D eigenvalue weighted by Crippen LogP contribution is -1.87. The highest BCUT2D eigenvalue weighted by atomic mass is 32.2. The first kappa shape index (κ1) is 8.70. The van der Waals surface area contributed by atoms with Crippen LogP contribution in [0, 0.1) is 0 Å². The van der Waals surface area contributed by atoms with Crippen molar-refractivity contribution in [3.63, 3.8) is 0 Å². The maximum absolute atomic E-state index is 2.25. The van der Waals surface area contributed by atoms with Crippen molar-refractivity contribution >= 4 is 23.5 Å². The molecule has 2 heteroatoms. The molecule has 0 saturated carbocycles. The monoisotopic (exact) mass is 150 g/mol. The molecule has 0 fully saturated rings. The van der Waals surface area contributed by atoms with Gasteiger partial charge in [-0.3, -0.25) is 0 Å². The molecule has 0 amide bonds. The third kappa shape index (κ3) is 4.85. The van der Waals surface area contributed by atoms with Crippen LogP contribution in [-0.4, -0.2) is 16.6 Å². The predicted molar refractivity (Wildman–Crippen MR) is 45.7 cm³/mol. The number of hydrogen-bond acceptors (Lipinski definition) is 2. The van der Waals surface area contributed by atoms with E-state index >= 15 is 0 Å². The highest BCUT2D eigenvalue weighted by Crippen LogP contribution is 2.20. The van der Waals surface area contributed by atoms with Crippen molar-refractivity contribution in [1.29, 1.82) is 0 Å². The lowest BCUT2D eigenvalue weighted by Gasteiger charge is -2.04. The van der Waals surface area contributed by atoms with Crippen LogP contribution in [0.2, 0.25) is 0 Å². The molecule has 0 spiro atoms. The molecule has 1 atom stereocenters. The Kier molecular flexibility index (Phi) is 6.34. The van der Waals surface area contributed by atoms with Crippen molar-refractivity contribution < 1.29 is 0 Å². The minimum absolute atomic E-state index is 0.787. The van der Waals surface area contributed by atoms with Gasteiger partial charge >= 0.3 is 0 Å². The summed E-state index contributed by atoms with van der Waals surface area (Å²) in [4.78, 5) is 0. The average molecular weight is 150 g/mol. The number of thioether (sulfide) groups is 2. The molecule has 0 N–H and O–H groups in total. The van der Waals surface area contributed by atoms with E-state index in [2.05, 4.69) is 20.1 Å². The van der Waals surface area contributed by atoms with Crippen LogP contribution in [0.1, 0.15) is 20.3 Å². The smallest absolute Gasteiger partial charge is 0.0471 e. The fourth-order valence-electron chi connectivity index (χ4n) is 0.352. The standard InChI is InChI=1S/C6H14S2/c1-4-5-8-6(2)7-3/h6H,4-5H2,1-3H3. The Balaban J connectivity index is 2.86. The summed E-state index contributed by atoms with van der Waals surface area (Å²) in [7, 11) is 0. The molecule has 0 aliphatic carbocycles. The Morgan fingerprint density at radius 2 is 2.12 bits per heavy atom. The molecule has 0 aromatic carbocycles. The van der Waals surface area contributed by atoms with Crippen LogP contribution >= 0.6 is 23.5 Å². The van der Waals surface area contributed by atoms with Crippen molar-refractivity contribution in [2.45, 2.75) is 24.9 Å². The van der Waals surface area contributed by atoms with Gasteiger partial charge in [0.05, 0.1) is 0 Å². The molecule has 0 bridgehead atoms. The summed E-state index contributed by atoms with van der Waals surface area (Å²) >= 11 is 3.97. The largest absolute Gasteiger partial charge is 0.151 e. The van der Waals surface area contributed by atoms with Crippen LogP contribution in [0.25, 0.3) is 0 Å². The van der Waals surface area contributed by atoms with Gasteiger partial charge in [0.15, 0.2) is 0 Å². The Morgan fingerprint density at radius 1 is 1.50 bits per heavy atom. The molecule has 0 heterocycles. The third-order valence-corrected chi connectivity index (χ3v) is 3.65. The Hall–Kier alpha value is 0.700. The van der Waals surface area contributed by atoms with Crippen molar-refractivity contribution in [3.05, 3.63) is 0 Å². The van der Waals surface area contributed by atoms with E-state index < -0.39 is 0 Å². The first-order valence-corrected chi connectivity index (χ1v) is 5.29. The molecule has 0 aromatic rings. The summed E-state index contributed by atoms with van der Waals surface area (Å²) < 4.78 is 0.787. The molecule has 8 heavy (non-hydrogen) atoms. The van der Waals surface area contributed by atoms with E-state index in [9.17, 15) is 0 Å². The molecule has 50 valence electrons. The molecule has 0 rings (SSSR count). The van der Waals surface area contributed by atoms with E-state index in [0.717, 1.165) is 4.58 Å². The number of hydrogen-bond donors (Lipinski definition) is 0. The maximum atomic E-state index is 2.25. The Labute approximate surface area is 60.8 Å². The molecule has 0 aliphatic rings. The molecular weight excluding hydrogens is 136 g/mol. The molecule has 1 unspecified atom stereocenters. The van der Waals surface area contributed by atoms with Gasteiger partial charge in [0.2, 0.25) is 0 Å². The fraction of sp³-hybridized carbons (Fsp3) is 1.00. The average Bonchev–Trinajstić information content (AvgIpc) is 1.83. The minimum Gasteiger partial charge on any atom is -0.151 e. The minimum atomic E-state index is 0.787. The zero-order valence-electron chi connectivity index (χ0n) is 5.81. The lowest BCUT2D eigenvalue weighted by atomic mass is 10.6. The third-order valence-electron chi connectivity index (χ3n) is 0.889. The zero-order chi connectivity index (χ0) is 6.41. The molecule has 0 aliphatic heterocycles. The summed E-state index contributed by atoms with van der Waals surface area (Å²) in [6.07, 6.45) is 3.46. The summed E-state index contributed by atoms with van der Waals surface area (Å²) in [5.74, 6) is 1.31. The molecular formula is C6H14S2. The van der Waals surface area contributed by atoms with Crippen molar-refractivity contribution in [1.82, 2.24) is 0 Å². The van der Waals surface area contributed by atoms with E-state index in [1.165, 1.54) is 12.2 Å². The first-order valence-electron chi connectivity index (χ1n) is 2.95. The van der Waals surface area contributed by atoms with E-state index in [1.54, 1.807) is 0 Å². The van der Waals surface area contributed by atoms with Gasteiger partial charge in [-0.2, -0.15) is 11.8 Å². The van der Waals surface area contributed by atoms with Gasteiger partial charge in [0.25, 0.3) is 0 Å². The van der Waals surface area contributed by atoms with Crippen LogP contribution in [0.3, 0.4) is 0 Å².